The molecule has 1 N–H and O–H groups in total. The summed E-state index contributed by atoms with van der Waals surface area (Å²) in [4.78, 5) is 24.6. The molecule has 0 radical (unpaired) electrons. The molecule has 1 aliphatic rings. The first-order chi connectivity index (χ1) is 14.0. The van der Waals surface area contributed by atoms with Crippen molar-refractivity contribution in [2.75, 3.05) is 32.8 Å². The lowest BCUT2D eigenvalue weighted by molar-refractivity contribution is -0.152. The number of ether oxygens (including phenoxy) is 5. The Morgan fingerprint density at radius 1 is 1.00 bits per heavy atom. The van der Waals surface area contributed by atoms with E-state index in [0.29, 0.717) is 47.5 Å². The topological polar surface area (TPSA) is 92.3 Å². The number of anilines is 1. The smallest absolute Gasteiger partial charge is 0.311 e. The van der Waals surface area contributed by atoms with E-state index in [0.717, 1.165) is 0 Å². The Balaban J connectivity index is 1.56. The molecule has 29 heavy (non-hydrogen) atoms. The van der Waals surface area contributed by atoms with Crippen molar-refractivity contribution in [3.05, 3.63) is 42.0 Å². The Morgan fingerprint density at radius 2 is 1.72 bits per heavy atom. The summed E-state index contributed by atoms with van der Waals surface area (Å²) in [5.74, 6) is 1.30. The third-order valence-corrected chi connectivity index (χ3v) is 4.28. The van der Waals surface area contributed by atoms with Crippen molar-refractivity contribution < 1.29 is 33.3 Å². The number of carbonyl (C=O) groups is 2. The quantitative estimate of drug-likeness (QED) is 0.713. The molecule has 154 valence electrons. The van der Waals surface area contributed by atoms with Gasteiger partial charge in [0.1, 0.15) is 13.2 Å². The monoisotopic (exact) mass is 401 g/mol. The predicted molar refractivity (Wildman–Crippen MR) is 105 cm³/mol. The third-order valence-electron chi connectivity index (χ3n) is 4.28. The largest absolute Gasteiger partial charge is 0.493 e. The summed E-state index contributed by atoms with van der Waals surface area (Å²) < 4.78 is 26.6. The molecule has 1 amide bonds. The van der Waals surface area contributed by atoms with Gasteiger partial charge >= 0.3 is 5.97 Å². The highest BCUT2D eigenvalue weighted by molar-refractivity contribution is 5.95. The number of rotatable bonds is 7. The van der Waals surface area contributed by atoms with Crippen LogP contribution in [0.3, 0.4) is 0 Å². The van der Waals surface area contributed by atoms with E-state index in [2.05, 4.69) is 5.32 Å². The van der Waals surface area contributed by atoms with Crippen molar-refractivity contribution in [1.29, 1.82) is 0 Å². The van der Waals surface area contributed by atoms with Gasteiger partial charge in [-0.25, -0.2) is 0 Å². The zero-order chi connectivity index (χ0) is 20.8. The van der Waals surface area contributed by atoms with Crippen molar-refractivity contribution in [3.63, 3.8) is 0 Å². The molecule has 0 spiro atoms. The third kappa shape index (κ3) is 5.10. The van der Waals surface area contributed by atoms with Crippen LogP contribution in [0.15, 0.2) is 36.4 Å². The van der Waals surface area contributed by atoms with Crippen molar-refractivity contribution in [1.82, 2.24) is 0 Å². The Hall–Kier alpha value is -3.42. The number of nitrogens with one attached hydrogen (secondary N) is 1. The molecular weight excluding hydrogens is 378 g/mol. The molecule has 0 bridgehead atoms. The molecule has 1 aliphatic heterocycles. The minimum atomic E-state index is -0.962. The lowest BCUT2D eigenvalue weighted by Crippen LogP contribution is -2.30. The van der Waals surface area contributed by atoms with Gasteiger partial charge in [0.25, 0.3) is 5.91 Å². The summed E-state index contributed by atoms with van der Waals surface area (Å²) in [5, 5.41) is 2.71. The van der Waals surface area contributed by atoms with Gasteiger partial charge in [0, 0.05) is 11.8 Å². The van der Waals surface area contributed by atoms with Gasteiger partial charge < -0.3 is 29.0 Å². The van der Waals surface area contributed by atoms with Crippen LogP contribution >= 0.6 is 0 Å². The second-order valence-electron chi connectivity index (χ2n) is 6.35. The molecule has 0 unspecified atom stereocenters. The zero-order valence-corrected chi connectivity index (χ0v) is 16.5. The van der Waals surface area contributed by atoms with Crippen LogP contribution in [0.25, 0.3) is 0 Å². The summed E-state index contributed by atoms with van der Waals surface area (Å²) in [6, 6.07) is 10.2. The number of hydrogen-bond donors (Lipinski definition) is 1. The number of fused-ring (bicyclic) bond motifs is 1. The number of carbonyl (C=O) groups excluding carboxylic acids is 2. The van der Waals surface area contributed by atoms with E-state index < -0.39 is 18.0 Å². The van der Waals surface area contributed by atoms with Crippen LogP contribution in [0.4, 0.5) is 5.69 Å². The molecule has 2 aromatic carbocycles. The second-order valence-corrected chi connectivity index (χ2v) is 6.35. The molecule has 0 fully saturated rings. The molecule has 3 rings (SSSR count). The Labute approximate surface area is 168 Å². The van der Waals surface area contributed by atoms with Crippen molar-refractivity contribution in [2.45, 2.75) is 19.4 Å². The van der Waals surface area contributed by atoms with E-state index in [-0.39, 0.29) is 6.42 Å². The van der Waals surface area contributed by atoms with Crippen LogP contribution in [0.5, 0.6) is 23.0 Å². The molecule has 0 saturated heterocycles. The standard InChI is InChI=1S/C21H23NO7/c1-13(21(24)22-15-5-7-17-19(12-15)28-9-8-27-17)29-20(23)11-14-4-6-16(25-2)18(10-14)26-3/h4-7,10,12-13H,8-9,11H2,1-3H3,(H,22,24)/t13-/m1/s1. The average molecular weight is 401 g/mol. The lowest BCUT2D eigenvalue weighted by atomic mass is 10.1. The van der Waals surface area contributed by atoms with E-state index in [1.54, 1.807) is 36.4 Å². The van der Waals surface area contributed by atoms with Crippen LogP contribution < -0.4 is 24.3 Å². The molecule has 1 atom stereocenters. The van der Waals surface area contributed by atoms with Crippen LogP contribution in [-0.4, -0.2) is 45.4 Å². The SMILES string of the molecule is COc1ccc(CC(=O)O[C@H](C)C(=O)Nc2ccc3c(c2)OCCO3)cc1OC. The van der Waals surface area contributed by atoms with Gasteiger partial charge in [-0.05, 0) is 36.8 Å². The highest BCUT2D eigenvalue weighted by Gasteiger charge is 2.20. The first kappa shape index (κ1) is 20.3. The molecule has 0 saturated carbocycles. The Morgan fingerprint density at radius 3 is 2.45 bits per heavy atom. The minimum Gasteiger partial charge on any atom is -0.493 e. The van der Waals surface area contributed by atoms with Gasteiger partial charge in [-0.3, -0.25) is 9.59 Å². The predicted octanol–water partition coefficient (Wildman–Crippen LogP) is 2.59. The maximum absolute atomic E-state index is 12.4. The van der Waals surface area contributed by atoms with E-state index in [4.69, 9.17) is 23.7 Å². The fraction of sp³-hybridized carbons (Fsp3) is 0.333. The average Bonchev–Trinajstić information content (AvgIpc) is 2.73. The van der Waals surface area contributed by atoms with Gasteiger partial charge in [-0.15, -0.1) is 0 Å². The van der Waals surface area contributed by atoms with Gasteiger partial charge in [0.15, 0.2) is 29.1 Å². The van der Waals surface area contributed by atoms with Gasteiger partial charge in [0.2, 0.25) is 0 Å². The van der Waals surface area contributed by atoms with Crippen LogP contribution in [0.2, 0.25) is 0 Å². The molecule has 0 aromatic heterocycles. The second kappa shape index (κ2) is 9.18. The van der Waals surface area contributed by atoms with Crippen LogP contribution in [0, 0.1) is 0 Å². The highest BCUT2D eigenvalue weighted by atomic mass is 16.6. The molecule has 1 heterocycles. The zero-order valence-electron chi connectivity index (χ0n) is 16.5. The number of benzene rings is 2. The first-order valence-electron chi connectivity index (χ1n) is 9.11. The number of methoxy groups -OCH3 is 2. The molecule has 8 nitrogen and oxygen atoms in total. The van der Waals surface area contributed by atoms with Crippen LogP contribution in [-0.2, 0) is 20.7 Å². The van der Waals surface area contributed by atoms with Gasteiger partial charge in [0.05, 0.1) is 20.6 Å². The van der Waals surface area contributed by atoms with Crippen molar-refractivity contribution in [3.8, 4) is 23.0 Å². The summed E-state index contributed by atoms with van der Waals surface area (Å²) in [6.07, 6.45) is -0.960. The Bertz CT molecular complexity index is 897. The van der Waals surface area contributed by atoms with Gasteiger partial charge in [-0.2, -0.15) is 0 Å². The summed E-state index contributed by atoms with van der Waals surface area (Å²) in [5.41, 5.74) is 1.22. The maximum atomic E-state index is 12.4. The molecule has 0 aliphatic carbocycles. The number of esters is 1. The first-order valence-corrected chi connectivity index (χ1v) is 9.11. The molecular formula is C21H23NO7. The van der Waals surface area contributed by atoms with Crippen molar-refractivity contribution in [2.24, 2.45) is 0 Å². The van der Waals surface area contributed by atoms with E-state index in [1.807, 2.05) is 0 Å². The molecule has 8 heteroatoms. The fourth-order valence-electron chi connectivity index (χ4n) is 2.81. The van der Waals surface area contributed by atoms with E-state index in [9.17, 15) is 9.59 Å². The van der Waals surface area contributed by atoms with E-state index >= 15 is 0 Å². The normalized spacial score (nSPS) is 13.2. The highest BCUT2D eigenvalue weighted by Crippen LogP contribution is 2.32. The van der Waals surface area contributed by atoms with Crippen LogP contribution in [0.1, 0.15) is 12.5 Å². The molecule has 2 aromatic rings. The maximum Gasteiger partial charge on any atom is 0.311 e. The van der Waals surface area contributed by atoms with Crippen molar-refractivity contribution >= 4 is 17.6 Å². The summed E-state index contributed by atoms with van der Waals surface area (Å²) in [6.45, 7) is 2.46. The lowest BCUT2D eigenvalue weighted by Gasteiger charge is -2.19. The number of hydrogen-bond acceptors (Lipinski definition) is 7. The summed E-state index contributed by atoms with van der Waals surface area (Å²) in [7, 11) is 3.05. The minimum absolute atomic E-state index is 0.00198. The fourth-order valence-corrected chi connectivity index (χ4v) is 2.81. The summed E-state index contributed by atoms with van der Waals surface area (Å²) >= 11 is 0. The number of amides is 1. The Kier molecular flexibility index (Phi) is 6.43. The van der Waals surface area contributed by atoms with Gasteiger partial charge in [-0.1, -0.05) is 6.07 Å². The van der Waals surface area contributed by atoms with E-state index in [1.165, 1.54) is 21.1 Å².